The largest absolute Gasteiger partial charge is 0.394 e. The highest BCUT2D eigenvalue weighted by molar-refractivity contribution is 5.76. The Bertz CT molecular complexity index is 1810. The van der Waals surface area contributed by atoms with Crippen LogP contribution in [0.5, 0.6) is 0 Å². The van der Waals surface area contributed by atoms with Gasteiger partial charge in [-0.05, 0) is 83.5 Å². The lowest BCUT2D eigenvalue weighted by Crippen LogP contribution is -2.65. The topological polar surface area (TPSA) is 228 Å². The number of hydrogen-bond donors (Lipinski definition) is 9. The van der Waals surface area contributed by atoms with Crippen LogP contribution in [0.2, 0.25) is 0 Å². The molecule has 9 N–H and O–H groups in total. The number of aliphatic hydroxyl groups excluding tert-OH is 8. The van der Waals surface area contributed by atoms with E-state index in [2.05, 4.69) is 104 Å². The summed E-state index contributed by atoms with van der Waals surface area (Å²) in [5.74, 6) is -0.254. The summed E-state index contributed by atoms with van der Waals surface area (Å²) < 4.78 is 22.7. The van der Waals surface area contributed by atoms with E-state index in [-0.39, 0.29) is 18.9 Å². The Hall–Kier alpha value is -3.09. The summed E-state index contributed by atoms with van der Waals surface area (Å²) in [4.78, 5) is 13.3. The highest BCUT2D eigenvalue weighted by atomic mass is 16.7. The molecule has 14 heteroatoms. The molecule has 0 aromatic heterocycles. The van der Waals surface area contributed by atoms with Crippen molar-refractivity contribution in [2.75, 3.05) is 19.8 Å². The quantitative estimate of drug-likeness (QED) is 0.0204. The third-order valence-corrected chi connectivity index (χ3v) is 16.2. The van der Waals surface area contributed by atoms with E-state index in [1.165, 1.54) is 141 Å². The molecular formula is C72H125NO13. The summed E-state index contributed by atoms with van der Waals surface area (Å²) in [5.41, 5.74) is 0. The van der Waals surface area contributed by atoms with E-state index < -0.39 is 86.8 Å². The van der Waals surface area contributed by atoms with E-state index in [1.54, 1.807) is 6.08 Å². The zero-order valence-electron chi connectivity index (χ0n) is 53.8. The SMILES string of the molecule is CC/C=C\C/C=C\C/C=C\C/C=C\C/C=C\CCCCCCCCCCCCCCCCCCCCCCCCCCCC(=O)NC(COC1OC(CO)C(OC2OC(CO)C(O)C(O)C2O)C(O)C1O)C(O)/C=C/CC/C=C/CC/C=C/CCC. The van der Waals surface area contributed by atoms with Gasteiger partial charge in [0.2, 0.25) is 5.91 Å². The number of hydrogen-bond acceptors (Lipinski definition) is 13. The van der Waals surface area contributed by atoms with E-state index in [9.17, 15) is 45.6 Å². The first kappa shape index (κ1) is 79.0. The van der Waals surface area contributed by atoms with Crippen LogP contribution < -0.4 is 5.32 Å². The molecule has 2 heterocycles. The number of aliphatic hydroxyl groups is 8. The van der Waals surface area contributed by atoms with Crippen molar-refractivity contribution in [1.82, 2.24) is 5.32 Å². The smallest absolute Gasteiger partial charge is 0.220 e. The maximum absolute atomic E-state index is 13.3. The summed E-state index contributed by atoms with van der Waals surface area (Å²) in [7, 11) is 0. The van der Waals surface area contributed by atoms with Gasteiger partial charge in [-0.3, -0.25) is 4.79 Å². The molecule has 0 aromatic rings. The Kier molecular flexibility index (Phi) is 51.4. The average Bonchev–Trinajstić information content (AvgIpc) is 1.60. The molecule has 0 saturated carbocycles. The number of rotatable bonds is 55. The Morgan fingerprint density at radius 2 is 0.814 bits per heavy atom. The van der Waals surface area contributed by atoms with Gasteiger partial charge in [-0.15, -0.1) is 0 Å². The number of amides is 1. The van der Waals surface area contributed by atoms with Crippen LogP contribution in [-0.2, 0) is 23.7 Å². The number of allylic oxidation sites excluding steroid dienone is 15. The van der Waals surface area contributed by atoms with Gasteiger partial charge in [-0.2, -0.15) is 0 Å². The second-order valence-electron chi connectivity index (χ2n) is 23.9. The highest BCUT2D eigenvalue weighted by Gasteiger charge is 2.51. The van der Waals surface area contributed by atoms with Gasteiger partial charge in [0.1, 0.15) is 48.8 Å². The maximum Gasteiger partial charge on any atom is 0.220 e. The van der Waals surface area contributed by atoms with Crippen LogP contribution in [0.3, 0.4) is 0 Å². The van der Waals surface area contributed by atoms with Crippen LogP contribution in [0.15, 0.2) is 97.2 Å². The van der Waals surface area contributed by atoms with Gasteiger partial charge in [0.15, 0.2) is 12.6 Å². The molecule has 0 aromatic carbocycles. The number of nitrogens with one attached hydrogen (secondary N) is 1. The summed E-state index contributed by atoms with van der Waals surface area (Å²) in [6, 6.07) is -0.939. The number of carbonyl (C=O) groups excluding carboxylic acids is 1. The Balaban J connectivity index is 1.53. The van der Waals surface area contributed by atoms with Gasteiger partial charge < -0.3 is 65.1 Å². The molecule has 0 radical (unpaired) electrons. The fraction of sp³-hybridized carbons (Fsp3) is 0.764. The summed E-state index contributed by atoms with van der Waals surface area (Å²) >= 11 is 0. The summed E-state index contributed by atoms with van der Waals surface area (Å²) in [6.45, 7) is 2.58. The van der Waals surface area contributed by atoms with Gasteiger partial charge >= 0.3 is 0 Å². The summed E-state index contributed by atoms with van der Waals surface area (Å²) in [5, 5.41) is 87.0. The predicted molar refractivity (Wildman–Crippen MR) is 350 cm³/mol. The van der Waals surface area contributed by atoms with E-state index in [0.717, 1.165) is 83.5 Å². The van der Waals surface area contributed by atoms with Crippen molar-refractivity contribution in [1.29, 1.82) is 0 Å². The number of unbranched alkanes of at least 4 members (excludes halogenated alkanes) is 28. The Morgan fingerprint density at radius 1 is 0.430 bits per heavy atom. The fourth-order valence-electron chi connectivity index (χ4n) is 10.8. The zero-order chi connectivity index (χ0) is 62.3. The molecule has 1 amide bonds. The van der Waals surface area contributed by atoms with Crippen molar-refractivity contribution in [3.05, 3.63) is 97.2 Å². The first-order chi connectivity index (χ1) is 42.1. The van der Waals surface area contributed by atoms with Crippen LogP contribution in [0, 0.1) is 0 Å². The van der Waals surface area contributed by atoms with Crippen molar-refractivity contribution in [3.63, 3.8) is 0 Å². The molecule has 12 atom stereocenters. The second kappa shape index (κ2) is 55.9. The fourth-order valence-corrected chi connectivity index (χ4v) is 10.8. The minimum absolute atomic E-state index is 0.254. The predicted octanol–water partition coefficient (Wildman–Crippen LogP) is 13.8. The maximum atomic E-state index is 13.3. The standard InChI is InChI=1S/C72H125NO13/c1-3-5-7-9-11-13-15-16-17-18-19-20-21-22-23-24-25-26-27-28-29-30-31-32-33-34-35-36-37-38-39-40-41-42-43-44-46-48-50-52-54-56-64(77)73-60(61(76)55-53-51-49-47-45-14-12-10-8-6-4-2)59-83-71-69(82)67(80)70(63(58-75)85-71)86-72-68(81)66(79)65(78)62(57-74)84-72/h5,7-8,10-11,13,16-17,19-20,22-23,45,47,53,55,60-63,65-72,74-76,78-82H,3-4,6,9,12,14-15,18,21,24-44,46,48-52,54,56-59H2,1-2H3,(H,73,77)/b7-5-,10-8+,13-11-,17-16-,20-19-,23-22-,47-45+,55-53+. The number of carbonyl (C=O) groups is 1. The molecule has 496 valence electrons. The molecule has 2 rings (SSSR count). The molecule has 0 spiro atoms. The monoisotopic (exact) mass is 1210 g/mol. The lowest BCUT2D eigenvalue weighted by Gasteiger charge is -2.46. The average molecular weight is 1210 g/mol. The molecule has 2 fully saturated rings. The Morgan fingerprint density at radius 3 is 1.27 bits per heavy atom. The molecule has 2 aliphatic heterocycles. The zero-order valence-corrected chi connectivity index (χ0v) is 53.8. The van der Waals surface area contributed by atoms with Gasteiger partial charge in [0.05, 0.1) is 32.0 Å². The molecule has 2 saturated heterocycles. The first-order valence-corrected chi connectivity index (χ1v) is 34.5. The van der Waals surface area contributed by atoms with Crippen LogP contribution >= 0.6 is 0 Å². The lowest BCUT2D eigenvalue weighted by atomic mass is 9.97. The third-order valence-electron chi connectivity index (χ3n) is 16.2. The van der Waals surface area contributed by atoms with E-state index in [4.69, 9.17) is 18.9 Å². The molecule has 14 nitrogen and oxygen atoms in total. The molecule has 12 unspecified atom stereocenters. The van der Waals surface area contributed by atoms with Crippen LogP contribution in [0.25, 0.3) is 0 Å². The first-order valence-electron chi connectivity index (χ1n) is 34.5. The van der Waals surface area contributed by atoms with Crippen LogP contribution in [-0.4, -0.2) is 140 Å². The molecular weight excluding hydrogens is 1090 g/mol. The van der Waals surface area contributed by atoms with Crippen molar-refractivity contribution >= 4 is 5.91 Å². The van der Waals surface area contributed by atoms with Crippen molar-refractivity contribution in [2.24, 2.45) is 0 Å². The minimum Gasteiger partial charge on any atom is -0.394 e. The van der Waals surface area contributed by atoms with Crippen LogP contribution in [0.1, 0.15) is 258 Å². The van der Waals surface area contributed by atoms with Gasteiger partial charge in [-0.25, -0.2) is 0 Å². The molecule has 2 aliphatic rings. The summed E-state index contributed by atoms with van der Waals surface area (Å²) in [6.07, 6.45) is 62.3. The Labute approximate surface area is 522 Å². The van der Waals surface area contributed by atoms with Crippen molar-refractivity contribution in [3.8, 4) is 0 Å². The third kappa shape index (κ3) is 39.8. The number of ether oxygens (including phenoxy) is 4. The van der Waals surface area contributed by atoms with E-state index in [1.807, 2.05) is 6.08 Å². The second-order valence-corrected chi connectivity index (χ2v) is 23.9. The van der Waals surface area contributed by atoms with Crippen molar-refractivity contribution in [2.45, 2.75) is 331 Å². The van der Waals surface area contributed by atoms with E-state index >= 15 is 0 Å². The van der Waals surface area contributed by atoms with Gasteiger partial charge in [0.25, 0.3) is 0 Å². The molecule has 0 bridgehead atoms. The molecule has 86 heavy (non-hydrogen) atoms. The van der Waals surface area contributed by atoms with Crippen molar-refractivity contribution < 1.29 is 64.6 Å². The van der Waals surface area contributed by atoms with Crippen LogP contribution in [0.4, 0.5) is 0 Å². The molecule has 0 aliphatic carbocycles. The minimum atomic E-state index is -1.79. The van der Waals surface area contributed by atoms with E-state index in [0.29, 0.717) is 12.8 Å². The van der Waals surface area contributed by atoms with Gasteiger partial charge in [-0.1, -0.05) is 265 Å². The normalized spacial score (nSPS) is 24.0. The highest BCUT2D eigenvalue weighted by Crippen LogP contribution is 2.30. The lowest BCUT2D eigenvalue weighted by molar-refractivity contribution is -0.359. The van der Waals surface area contributed by atoms with Gasteiger partial charge in [0, 0.05) is 6.42 Å².